The van der Waals surface area contributed by atoms with Crippen LogP contribution in [0.2, 0.25) is 0 Å². The van der Waals surface area contributed by atoms with Crippen LogP contribution < -0.4 is 41.6 Å². The Labute approximate surface area is 296 Å². The van der Waals surface area contributed by atoms with Crippen molar-refractivity contribution >= 4 is 65.8 Å². The molecule has 6 rings (SSSR count). The molecule has 0 heterocycles. The summed E-state index contributed by atoms with van der Waals surface area (Å²) in [6, 6.07) is 61.4. The van der Waals surface area contributed by atoms with Crippen molar-refractivity contribution in [1.29, 1.82) is 0 Å². The van der Waals surface area contributed by atoms with Crippen LogP contribution in [0.3, 0.4) is 0 Å². The zero-order valence-electron chi connectivity index (χ0n) is 27.4. The van der Waals surface area contributed by atoms with Crippen molar-refractivity contribution in [3.05, 3.63) is 170 Å². The number of hydrogen-bond acceptors (Lipinski definition) is 3. The van der Waals surface area contributed by atoms with Gasteiger partial charge in [0.15, 0.2) is 0 Å². The fourth-order valence-electron chi connectivity index (χ4n) is 5.27. The maximum Gasteiger partial charge on any atom is 0.102 e. The topological polar surface area (TPSA) is 23.6 Å². The molecule has 0 aliphatic heterocycles. The zero-order chi connectivity index (χ0) is 32.7. The molecule has 47 heavy (non-hydrogen) atoms. The van der Waals surface area contributed by atoms with Gasteiger partial charge in [0.25, 0.3) is 0 Å². The van der Waals surface area contributed by atoms with Gasteiger partial charge in [0.1, 0.15) is 31.8 Å². The zero-order valence-corrected chi connectivity index (χ0v) is 31.0. The maximum atomic E-state index is 7.75. The second-order valence-electron chi connectivity index (χ2n) is 11.1. The Morgan fingerprint density at radius 1 is 0.340 bits per heavy atom. The minimum Gasteiger partial charge on any atom is -0.545 e. The molecule has 0 aliphatic rings. The van der Waals surface area contributed by atoms with Crippen LogP contribution in [-0.2, 0) is 24.3 Å². The molecule has 0 aromatic heterocycles. The number of carbonyl (C=O) groups excluding carboxylic acids is 1. The van der Waals surface area contributed by atoms with Crippen LogP contribution in [0.4, 0.5) is 11.4 Å². The van der Waals surface area contributed by atoms with Gasteiger partial charge in [-0.2, -0.15) is 0 Å². The smallest absolute Gasteiger partial charge is 0.102 e. The van der Waals surface area contributed by atoms with E-state index in [1.807, 2.05) is 0 Å². The summed E-state index contributed by atoms with van der Waals surface area (Å²) in [5, 5.41) is 8.56. The number of anilines is 2. The monoisotopic (exact) mass is 744 g/mol. The molecule has 0 saturated carbocycles. The molecule has 0 unspecified atom stereocenters. The van der Waals surface area contributed by atoms with Gasteiger partial charge in [-0.25, -0.2) is 0 Å². The van der Waals surface area contributed by atoms with Crippen molar-refractivity contribution in [2.75, 3.05) is 38.0 Å². The molecule has 6 aromatic carbocycles. The number of hydrogen-bond donors (Lipinski definition) is 0. The van der Waals surface area contributed by atoms with Gasteiger partial charge >= 0.3 is 0 Å². The van der Waals surface area contributed by atoms with Crippen molar-refractivity contribution in [3.63, 3.8) is 0 Å². The predicted molar refractivity (Wildman–Crippen MR) is 208 cm³/mol. The number of benzene rings is 6. The Balaban J connectivity index is 0.000000238. The van der Waals surface area contributed by atoms with Crippen molar-refractivity contribution in [3.8, 4) is 0 Å². The van der Waals surface area contributed by atoms with E-state index in [1.165, 1.54) is 43.2 Å². The van der Waals surface area contributed by atoms with E-state index in [0.29, 0.717) is 0 Å². The van der Waals surface area contributed by atoms with E-state index in [0.717, 1.165) is 0 Å². The fourth-order valence-corrected chi connectivity index (χ4v) is 10.4. The Morgan fingerprint density at radius 2 is 0.532 bits per heavy atom. The predicted octanol–water partition coefficient (Wildman–Crippen LogP) is 6.21. The fraction of sp³-hybridized carbons (Fsp3) is 0.0976. The van der Waals surface area contributed by atoms with Crippen LogP contribution >= 0.6 is 15.8 Å². The van der Waals surface area contributed by atoms with E-state index in [9.17, 15) is 0 Å². The third-order valence-corrected chi connectivity index (χ3v) is 13.1. The molecular formula is C41H43N2OP2Rh+. The van der Waals surface area contributed by atoms with E-state index in [1.54, 1.807) is 0 Å². The molecule has 0 amide bonds. The van der Waals surface area contributed by atoms with Gasteiger partial charge in [0, 0.05) is 59.0 Å². The van der Waals surface area contributed by atoms with Gasteiger partial charge in [-0.3, -0.25) is 6.79 Å². The summed E-state index contributed by atoms with van der Waals surface area (Å²) < 4.78 is 0. The first-order valence-electron chi connectivity index (χ1n) is 15.3. The molecule has 6 aromatic rings. The molecule has 0 spiro atoms. The Kier molecular flexibility index (Phi) is 15.7. The first-order valence-corrected chi connectivity index (χ1v) is 18.3. The first-order chi connectivity index (χ1) is 22.5. The molecule has 0 aliphatic carbocycles. The van der Waals surface area contributed by atoms with Crippen LogP contribution in [0.25, 0.3) is 0 Å². The molecular weight excluding hydrogens is 701 g/mol. The van der Waals surface area contributed by atoms with Gasteiger partial charge in [-0.05, 0) is 97.1 Å². The molecule has 0 atom stereocenters. The van der Waals surface area contributed by atoms with Crippen LogP contribution in [-0.4, -0.2) is 35.0 Å². The number of nitrogens with zero attached hydrogens (tertiary/aromatic N) is 2. The van der Waals surface area contributed by atoms with Gasteiger partial charge in [-0.1, -0.05) is 72.8 Å². The normalized spacial score (nSPS) is 10.1. The third-order valence-electron chi connectivity index (χ3n) is 7.59. The minimum absolute atomic E-state index is 0. The quantitative estimate of drug-likeness (QED) is 0.0803. The molecule has 1 radical (unpaired) electrons. The molecule has 0 bridgehead atoms. The Hall–Kier alpha value is -3.93. The summed E-state index contributed by atoms with van der Waals surface area (Å²) in [5.41, 5.74) is 2.48. The van der Waals surface area contributed by atoms with Crippen LogP contribution in [0.5, 0.6) is 0 Å². The second kappa shape index (κ2) is 19.7. The molecule has 6 heteroatoms. The second-order valence-corrected chi connectivity index (χ2v) is 16.1. The van der Waals surface area contributed by atoms with Crippen molar-refractivity contribution < 1.29 is 24.3 Å². The summed E-state index contributed by atoms with van der Waals surface area (Å²) in [6.07, 6.45) is 0. The van der Waals surface area contributed by atoms with Crippen LogP contribution in [0, 0.1) is 0 Å². The first kappa shape index (κ1) is 37.5. The minimum atomic E-state index is -0.938. The van der Waals surface area contributed by atoms with Gasteiger partial charge in [0.05, 0.1) is 15.8 Å². The molecule has 0 fully saturated rings. The van der Waals surface area contributed by atoms with E-state index < -0.39 is 15.8 Å². The Bertz CT molecular complexity index is 1490. The van der Waals surface area contributed by atoms with Gasteiger partial charge in [0.2, 0.25) is 0 Å². The summed E-state index contributed by atoms with van der Waals surface area (Å²) in [6.45, 7) is 3.25. The van der Waals surface area contributed by atoms with E-state index in [4.69, 9.17) is 4.79 Å². The van der Waals surface area contributed by atoms with Crippen molar-refractivity contribution in [2.45, 2.75) is 0 Å². The maximum absolute atomic E-state index is 7.75. The van der Waals surface area contributed by atoms with Crippen LogP contribution in [0.15, 0.2) is 170 Å². The average Bonchev–Trinajstić information content (AvgIpc) is 3.12. The van der Waals surface area contributed by atoms with Gasteiger partial charge in [-0.15, -0.1) is 0 Å². The largest absolute Gasteiger partial charge is 0.545 e. The van der Waals surface area contributed by atoms with Crippen molar-refractivity contribution in [1.82, 2.24) is 0 Å². The summed E-state index contributed by atoms with van der Waals surface area (Å²) >= 11 is 0. The van der Waals surface area contributed by atoms with Crippen LogP contribution in [0.1, 0.15) is 0 Å². The average molecular weight is 745 g/mol. The third kappa shape index (κ3) is 10.5. The summed E-state index contributed by atoms with van der Waals surface area (Å²) in [4.78, 5) is 12.0. The molecule has 241 valence electrons. The summed E-state index contributed by atoms with van der Waals surface area (Å²) in [7, 11) is 6.44. The molecule has 0 saturated heterocycles. The molecule has 3 nitrogen and oxygen atoms in total. The van der Waals surface area contributed by atoms with E-state index >= 15 is 0 Å². The van der Waals surface area contributed by atoms with Gasteiger partial charge < -0.3 is 14.6 Å². The van der Waals surface area contributed by atoms with Crippen molar-refractivity contribution in [2.24, 2.45) is 0 Å². The Morgan fingerprint density at radius 3 is 0.723 bits per heavy atom. The summed E-state index contributed by atoms with van der Waals surface area (Å²) in [5.74, 6) is 0. The number of rotatable bonds is 8. The van der Waals surface area contributed by atoms with E-state index in [2.05, 4.69) is 215 Å². The molecule has 0 N–H and O–H groups in total. The standard InChI is InChI=1S/2C20H20NP.CHO.Rh/c2*1-21(2)17-13-15-20(16-14-17)22(18-9-5-3-6-10-18)19-11-7-4-8-12-19;1-2;/h2*3-16H,1-2H3;1H;/q;;-1;/p+2. The van der Waals surface area contributed by atoms with E-state index in [-0.39, 0.29) is 19.5 Å². The SMILES string of the molecule is CN(C)c1ccc([PH+](c2ccccc2)c2ccccc2)cc1.CN(C)c1ccc([PH+](c2ccccc2)c2ccccc2)cc1.[CH-]=O.[Rh].